The number of nitrogens with one attached hydrogen (secondary N) is 1. The number of rotatable bonds is 8. The Bertz CT molecular complexity index is 1040. The number of benzene rings is 1. The summed E-state index contributed by atoms with van der Waals surface area (Å²) in [6.45, 7) is 0.374. The molecule has 0 radical (unpaired) electrons. The van der Waals surface area contributed by atoms with E-state index < -0.39 is 0 Å². The summed E-state index contributed by atoms with van der Waals surface area (Å²) in [6.07, 6.45) is 5.71. The summed E-state index contributed by atoms with van der Waals surface area (Å²) in [5, 5.41) is 11.3. The number of hydrogen-bond acceptors (Lipinski definition) is 5. The van der Waals surface area contributed by atoms with Gasteiger partial charge in [0.25, 0.3) is 0 Å². The number of ether oxygens (including phenoxy) is 1. The van der Waals surface area contributed by atoms with Crippen LogP contribution in [0.25, 0.3) is 16.5 Å². The van der Waals surface area contributed by atoms with E-state index in [4.69, 9.17) is 10.00 Å². The van der Waals surface area contributed by atoms with Gasteiger partial charge < -0.3 is 10.1 Å². The normalized spacial score (nSPS) is 10.6. The van der Waals surface area contributed by atoms with Crippen molar-refractivity contribution in [1.29, 1.82) is 5.26 Å². The van der Waals surface area contributed by atoms with Gasteiger partial charge in [0.1, 0.15) is 5.82 Å². The molecule has 0 fully saturated rings. The van der Waals surface area contributed by atoms with Gasteiger partial charge in [-0.25, -0.2) is 9.37 Å². The highest BCUT2D eigenvalue weighted by Crippen LogP contribution is 2.29. The molecule has 0 spiro atoms. The molecule has 0 atom stereocenters. The summed E-state index contributed by atoms with van der Waals surface area (Å²) < 4.78 is 18.6. The number of hydrogen-bond donors (Lipinski definition) is 1. The molecule has 3 aromatic rings. The van der Waals surface area contributed by atoms with Gasteiger partial charge in [-0.05, 0) is 54.5 Å². The fourth-order valence-corrected chi connectivity index (χ4v) is 3.38. The number of halogens is 1. The van der Waals surface area contributed by atoms with Crippen LogP contribution >= 0.6 is 11.3 Å². The largest absolute Gasteiger partial charge is 0.490 e. The third kappa shape index (κ3) is 5.99. The average molecular weight is 407 g/mol. The first-order valence-electron chi connectivity index (χ1n) is 8.95. The van der Waals surface area contributed by atoms with Gasteiger partial charge in [-0.15, -0.1) is 11.3 Å². The Morgan fingerprint density at radius 2 is 2.07 bits per heavy atom. The highest BCUT2D eigenvalue weighted by molar-refractivity contribution is 7.16. The van der Waals surface area contributed by atoms with Crippen molar-refractivity contribution in [3.63, 3.8) is 0 Å². The molecule has 2 heterocycles. The van der Waals surface area contributed by atoms with Crippen LogP contribution in [0.3, 0.4) is 0 Å². The second-order valence-electron chi connectivity index (χ2n) is 5.99. The molecule has 0 unspecified atom stereocenters. The summed E-state index contributed by atoms with van der Waals surface area (Å²) in [6, 6.07) is 15.6. The SMILES string of the molecule is N#CCCCOc1cccnc1NC(=O)C=Cc1ccc(-c2ccc(F)cc2)s1. The molecule has 0 aliphatic rings. The monoisotopic (exact) mass is 407 g/mol. The summed E-state index contributed by atoms with van der Waals surface area (Å²) >= 11 is 1.50. The Morgan fingerprint density at radius 3 is 2.86 bits per heavy atom. The smallest absolute Gasteiger partial charge is 0.249 e. The van der Waals surface area contributed by atoms with Crippen molar-refractivity contribution in [1.82, 2.24) is 4.98 Å². The van der Waals surface area contributed by atoms with Crippen molar-refractivity contribution in [2.75, 3.05) is 11.9 Å². The minimum Gasteiger partial charge on any atom is -0.490 e. The lowest BCUT2D eigenvalue weighted by Gasteiger charge is -2.09. The van der Waals surface area contributed by atoms with E-state index >= 15 is 0 Å². The molecule has 29 heavy (non-hydrogen) atoms. The Hall–Kier alpha value is -3.50. The number of pyridine rings is 1. The molecular weight excluding hydrogens is 389 g/mol. The molecule has 1 amide bonds. The number of thiophene rings is 1. The molecule has 0 bridgehead atoms. The Balaban J connectivity index is 1.61. The van der Waals surface area contributed by atoms with Crippen LogP contribution in [0, 0.1) is 17.1 Å². The van der Waals surface area contributed by atoms with Crippen LogP contribution in [0.2, 0.25) is 0 Å². The minimum absolute atomic E-state index is 0.273. The second kappa shape index (κ2) is 10.2. The lowest BCUT2D eigenvalue weighted by Crippen LogP contribution is -2.11. The molecule has 1 N–H and O–H groups in total. The van der Waals surface area contributed by atoms with Crippen molar-refractivity contribution in [3.8, 4) is 22.3 Å². The van der Waals surface area contributed by atoms with Gasteiger partial charge in [0.15, 0.2) is 11.6 Å². The van der Waals surface area contributed by atoms with Gasteiger partial charge in [-0.1, -0.05) is 12.1 Å². The summed E-state index contributed by atoms with van der Waals surface area (Å²) in [4.78, 5) is 18.3. The fraction of sp³-hybridized carbons (Fsp3) is 0.136. The van der Waals surface area contributed by atoms with Crippen LogP contribution in [-0.4, -0.2) is 17.5 Å². The summed E-state index contributed by atoms with van der Waals surface area (Å²) in [5.41, 5.74) is 0.923. The van der Waals surface area contributed by atoms with E-state index in [1.165, 1.54) is 29.5 Å². The number of anilines is 1. The van der Waals surface area contributed by atoms with E-state index in [1.54, 1.807) is 36.5 Å². The quantitative estimate of drug-likeness (QED) is 0.407. The molecular formula is C22H18FN3O2S. The van der Waals surface area contributed by atoms with E-state index in [-0.39, 0.29) is 11.7 Å². The number of nitriles is 1. The number of nitrogens with zero attached hydrogens (tertiary/aromatic N) is 2. The molecule has 3 rings (SSSR count). The first-order valence-corrected chi connectivity index (χ1v) is 9.77. The summed E-state index contributed by atoms with van der Waals surface area (Å²) in [7, 11) is 0. The van der Waals surface area contributed by atoms with E-state index in [2.05, 4.69) is 16.4 Å². The highest BCUT2D eigenvalue weighted by atomic mass is 32.1. The predicted octanol–water partition coefficient (Wildman–Crippen LogP) is 5.28. The van der Waals surface area contributed by atoms with Crippen molar-refractivity contribution < 1.29 is 13.9 Å². The number of aromatic nitrogens is 1. The van der Waals surface area contributed by atoms with Crippen LogP contribution in [0.5, 0.6) is 5.75 Å². The molecule has 1 aromatic carbocycles. The maximum Gasteiger partial charge on any atom is 0.249 e. The predicted molar refractivity (Wildman–Crippen MR) is 112 cm³/mol. The number of unbranched alkanes of at least 4 members (excludes halogenated alkanes) is 1. The van der Waals surface area contributed by atoms with E-state index in [0.717, 1.165) is 15.3 Å². The second-order valence-corrected chi connectivity index (χ2v) is 7.11. The Labute approximate surface area is 172 Å². The number of carbonyl (C=O) groups is 1. The van der Waals surface area contributed by atoms with E-state index in [0.29, 0.717) is 31.0 Å². The first-order chi connectivity index (χ1) is 14.2. The number of amides is 1. The molecule has 0 saturated carbocycles. The highest BCUT2D eigenvalue weighted by Gasteiger charge is 2.07. The topological polar surface area (TPSA) is 75.0 Å². The molecule has 0 saturated heterocycles. The maximum absolute atomic E-state index is 13.0. The molecule has 2 aromatic heterocycles. The third-order valence-corrected chi connectivity index (χ3v) is 4.96. The van der Waals surface area contributed by atoms with Crippen molar-refractivity contribution in [2.45, 2.75) is 12.8 Å². The zero-order chi connectivity index (χ0) is 20.5. The van der Waals surface area contributed by atoms with Crippen molar-refractivity contribution in [2.24, 2.45) is 0 Å². The van der Waals surface area contributed by atoms with Crippen molar-refractivity contribution >= 4 is 29.1 Å². The number of carbonyl (C=O) groups excluding carboxylic acids is 1. The van der Waals surface area contributed by atoms with Crippen LogP contribution in [0.15, 0.2) is 60.8 Å². The third-order valence-electron chi connectivity index (χ3n) is 3.86. The zero-order valence-corrected chi connectivity index (χ0v) is 16.3. The van der Waals surface area contributed by atoms with Gasteiger partial charge >= 0.3 is 0 Å². The minimum atomic E-state index is -0.331. The van der Waals surface area contributed by atoms with Crippen LogP contribution in [0.4, 0.5) is 10.2 Å². The lowest BCUT2D eigenvalue weighted by molar-refractivity contribution is -0.111. The van der Waals surface area contributed by atoms with Crippen molar-refractivity contribution in [3.05, 3.63) is 71.5 Å². The average Bonchev–Trinajstić information content (AvgIpc) is 3.20. The Kier molecular flexibility index (Phi) is 7.09. The van der Waals surface area contributed by atoms with Gasteiger partial charge in [0.05, 0.1) is 12.7 Å². The molecule has 146 valence electrons. The standard InChI is InChI=1S/C22H18FN3O2S/c23-17-7-5-16(6-8-17)20-11-9-18(29-20)10-12-21(27)26-22-19(4-3-14-25-22)28-15-2-1-13-24/h3-12,14H,1-2,15H2,(H,25,26,27). The molecule has 0 aliphatic heterocycles. The zero-order valence-electron chi connectivity index (χ0n) is 15.5. The van der Waals surface area contributed by atoms with E-state index in [1.807, 2.05) is 12.1 Å². The van der Waals surface area contributed by atoms with Gasteiger partial charge in [-0.2, -0.15) is 5.26 Å². The summed E-state index contributed by atoms with van der Waals surface area (Å²) in [5.74, 6) is 0.187. The van der Waals surface area contributed by atoms with Gasteiger partial charge in [0.2, 0.25) is 5.91 Å². The van der Waals surface area contributed by atoms with Crippen LogP contribution < -0.4 is 10.1 Å². The van der Waals surface area contributed by atoms with Crippen LogP contribution in [-0.2, 0) is 4.79 Å². The fourth-order valence-electron chi connectivity index (χ4n) is 2.46. The molecule has 5 nitrogen and oxygen atoms in total. The maximum atomic E-state index is 13.0. The first kappa shape index (κ1) is 20.2. The van der Waals surface area contributed by atoms with E-state index in [9.17, 15) is 9.18 Å². The van der Waals surface area contributed by atoms with Gasteiger partial charge in [-0.3, -0.25) is 4.79 Å². The lowest BCUT2D eigenvalue weighted by atomic mass is 10.2. The van der Waals surface area contributed by atoms with Crippen LogP contribution in [0.1, 0.15) is 17.7 Å². The van der Waals surface area contributed by atoms with Gasteiger partial charge in [0, 0.05) is 28.4 Å². The Morgan fingerprint density at radius 1 is 1.24 bits per heavy atom. The molecule has 7 heteroatoms. The molecule has 0 aliphatic carbocycles.